The molecule has 134 valence electrons. The van der Waals surface area contributed by atoms with Crippen molar-refractivity contribution in [3.8, 4) is 0 Å². The maximum Gasteiger partial charge on any atom is 0.318 e. The van der Waals surface area contributed by atoms with Gasteiger partial charge in [-0.25, -0.2) is 8.42 Å². The quantitative estimate of drug-likeness (QED) is 0.695. The summed E-state index contributed by atoms with van der Waals surface area (Å²) in [7, 11) is -3.70. The molecular formula is C13H19N3O7S. The number of ether oxygens (including phenoxy) is 1. The number of nitrogens with zero attached hydrogens (tertiary/aromatic N) is 3. The molecule has 1 amide bonds. The van der Waals surface area contributed by atoms with Crippen LogP contribution in [-0.4, -0.2) is 84.9 Å². The Hall–Kier alpha value is -1.98. The lowest BCUT2D eigenvalue weighted by molar-refractivity contribution is -0.137. The van der Waals surface area contributed by atoms with Crippen LogP contribution >= 0.6 is 0 Å². The van der Waals surface area contributed by atoms with E-state index in [0.717, 1.165) is 10.6 Å². The van der Waals surface area contributed by atoms with E-state index in [2.05, 4.69) is 5.16 Å². The van der Waals surface area contributed by atoms with Crippen LogP contribution in [0.15, 0.2) is 10.6 Å². The summed E-state index contributed by atoms with van der Waals surface area (Å²) in [5, 5.41) is 12.5. The maximum atomic E-state index is 12.3. The number of morpholine rings is 1. The molecule has 1 saturated heterocycles. The summed E-state index contributed by atoms with van der Waals surface area (Å²) in [4.78, 5) is 24.6. The molecule has 0 saturated carbocycles. The van der Waals surface area contributed by atoms with Gasteiger partial charge in [-0.3, -0.25) is 9.59 Å². The number of carboxylic acid groups (broad SMARTS) is 1. The van der Waals surface area contributed by atoms with Gasteiger partial charge in [0.2, 0.25) is 10.0 Å². The predicted molar refractivity (Wildman–Crippen MR) is 80.9 cm³/mol. The SMILES string of the molecule is Cc1cc(C(=O)N2CCO[C@@H](CN(CC(=O)O)S(C)(=O)=O)C2)no1. The highest BCUT2D eigenvalue weighted by molar-refractivity contribution is 7.88. The molecule has 0 bridgehead atoms. The fourth-order valence-corrected chi connectivity index (χ4v) is 3.12. The Bertz CT molecular complexity index is 715. The van der Waals surface area contributed by atoms with Gasteiger partial charge in [0.15, 0.2) is 5.69 Å². The zero-order valence-corrected chi connectivity index (χ0v) is 14.2. The first-order valence-corrected chi connectivity index (χ1v) is 9.02. The van der Waals surface area contributed by atoms with Gasteiger partial charge in [-0.1, -0.05) is 5.16 Å². The lowest BCUT2D eigenvalue weighted by Crippen LogP contribution is -2.51. The van der Waals surface area contributed by atoms with Gasteiger partial charge in [-0.15, -0.1) is 0 Å². The van der Waals surface area contributed by atoms with Crippen molar-refractivity contribution in [3.63, 3.8) is 0 Å². The van der Waals surface area contributed by atoms with E-state index >= 15 is 0 Å². The standard InChI is InChI=1S/C13H19N3O7S/c1-9-5-11(14-23-9)13(19)15-3-4-22-10(6-15)7-16(8-12(17)18)24(2,20)21/h5,10H,3-4,6-8H2,1-2H3,(H,17,18)/t10-/m1/s1. The molecule has 1 aliphatic heterocycles. The lowest BCUT2D eigenvalue weighted by Gasteiger charge is -2.34. The number of aryl methyl sites for hydroxylation is 1. The van der Waals surface area contributed by atoms with E-state index in [1.165, 1.54) is 11.0 Å². The average Bonchev–Trinajstić information content (AvgIpc) is 2.91. The largest absolute Gasteiger partial charge is 0.480 e. The van der Waals surface area contributed by atoms with Crippen molar-refractivity contribution in [1.82, 2.24) is 14.4 Å². The fourth-order valence-electron chi connectivity index (χ4n) is 2.34. The van der Waals surface area contributed by atoms with Gasteiger partial charge in [0.25, 0.3) is 5.91 Å². The van der Waals surface area contributed by atoms with E-state index in [-0.39, 0.29) is 31.3 Å². The fraction of sp³-hybridized carbons (Fsp3) is 0.615. The van der Waals surface area contributed by atoms with Crippen LogP contribution in [-0.2, 0) is 19.6 Å². The Morgan fingerprint density at radius 2 is 2.21 bits per heavy atom. The van der Waals surface area contributed by atoms with E-state index in [9.17, 15) is 18.0 Å². The minimum atomic E-state index is -3.70. The average molecular weight is 361 g/mol. The number of hydrogen-bond acceptors (Lipinski definition) is 7. The summed E-state index contributed by atoms with van der Waals surface area (Å²) in [5.74, 6) is -1.10. The second kappa shape index (κ2) is 7.28. The molecule has 24 heavy (non-hydrogen) atoms. The molecule has 1 aromatic rings. The summed E-state index contributed by atoms with van der Waals surface area (Å²) < 4.78 is 34.5. The van der Waals surface area contributed by atoms with Crippen molar-refractivity contribution in [3.05, 3.63) is 17.5 Å². The minimum Gasteiger partial charge on any atom is -0.480 e. The molecule has 0 aromatic carbocycles. The molecule has 1 aromatic heterocycles. The molecule has 2 rings (SSSR count). The second-order valence-corrected chi connectivity index (χ2v) is 7.50. The first-order chi connectivity index (χ1) is 11.2. The van der Waals surface area contributed by atoms with Crippen molar-refractivity contribution in [2.24, 2.45) is 0 Å². The Balaban J connectivity index is 2.04. The highest BCUT2D eigenvalue weighted by atomic mass is 32.2. The molecule has 1 N–H and O–H groups in total. The Labute approximate surface area is 139 Å². The van der Waals surface area contributed by atoms with Crippen LogP contribution in [0.5, 0.6) is 0 Å². The van der Waals surface area contributed by atoms with E-state index in [0.29, 0.717) is 12.3 Å². The Kier molecular flexibility index (Phi) is 5.57. The van der Waals surface area contributed by atoms with Crippen LogP contribution in [0.2, 0.25) is 0 Å². The van der Waals surface area contributed by atoms with Crippen molar-refractivity contribution >= 4 is 21.9 Å². The predicted octanol–water partition coefficient (Wildman–Crippen LogP) is -0.830. The van der Waals surface area contributed by atoms with Crippen LogP contribution < -0.4 is 0 Å². The minimum absolute atomic E-state index is 0.135. The normalized spacial score (nSPS) is 18.8. The van der Waals surface area contributed by atoms with Gasteiger partial charge < -0.3 is 19.3 Å². The summed E-state index contributed by atoms with van der Waals surface area (Å²) >= 11 is 0. The van der Waals surface area contributed by atoms with Gasteiger partial charge >= 0.3 is 5.97 Å². The molecule has 1 fully saturated rings. The second-order valence-electron chi connectivity index (χ2n) is 5.52. The van der Waals surface area contributed by atoms with Crippen LogP contribution in [0.1, 0.15) is 16.2 Å². The Morgan fingerprint density at radius 1 is 1.50 bits per heavy atom. The molecule has 2 heterocycles. The van der Waals surface area contributed by atoms with Crippen LogP contribution in [0.4, 0.5) is 0 Å². The van der Waals surface area contributed by atoms with E-state index in [1.54, 1.807) is 6.92 Å². The zero-order chi connectivity index (χ0) is 17.9. The molecular weight excluding hydrogens is 342 g/mol. The van der Waals surface area contributed by atoms with E-state index < -0.39 is 28.6 Å². The number of rotatable bonds is 6. The number of aromatic nitrogens is 1. The van der Waals surface area contributed by atoms with E-state index in [4.69, 9.17) is 14.4 Å². The highest BCUT2D eigenvalue weighted by Crippen LogP contribution is 2.13. The van der Waals surface area contributed by atoms with Crippen molar-refractivity contribution < 1.29 is 32.4 Å². The molecule has 0 aliphatic carbocycles. The van der Waals surface area contributed by atoms with Crippen LogP contribution in [0, 0.1) is 6.92 Å². The molecule has 11 heteroatoms. The van der Waals surface area contributed by atoms with Crippen LogP contribution in [0.25, 0.3) is 0 Å². The lowest BCUT2D eigenvalue weighted by atomic mass is 10.2. The Morgan fingerprint density at radius 3 is 2.75 bits per heavy atom. The molecule has 0 radical (unpaired) electrons. The smallest absolute Gasteiger partial charge is 0.318 e. The van der Waals surface area contributed by atoms with Gasteiger partial charge in [0, 0.05) is 25.7 Å². The molecule has 1 aliphatic rings. The van der Waals surface area contributed by atoms with Gasteiger partial charge in [0.1, 0.15) is 12.3 Å². The third-order valence-electron chi connectivity index (χ3n) is 3.46. The summed E-state index contributed by atoms with van der Waals surface area (Å²) in [6.07, 6.45) is 0.310. The number of carbonyl (C=O) groups excluding carboxylic acids is 1. The highest BCUT2D eigenvalue weighted by Gasteiger charge is 2.30. The monoisotopic (exact) mass is 361 g/mol. The van der Waals surface area contributed by atoms with Crippen molar-refractivity contribution in [1.29, 1.82) is 0 Å². The summed E-state index contributed by atoms with van der Waals surface area (Å²) in [6, 6.07) is 1.51. The van der Waals surface area contributed by atoms with Gasteiger partial charge in [-0.05, 0) is 6.92 Å². The summed E-state index contributed by atoms with van der Waals surface area (Å²) in [6.45, 7) is 1.55. The number of hydrogen-bond donors (Lipinski definition) is 1. The van der Waals surface area contributed by atoms with Gasteiger partial charge in [-0.2, -0.15) is 4.31 Å². The van der Waals surface area contributed by atoms with Crippen molar-refractivity contribution in [2.45, 2.75) is 13.0 Å². The number of amides is 1. The third kappa shape index (κ3) is 4.76. The maximum absolute atomic E-state index is 12.3. The third-order valence-corrected chi connectivity index (χ3v) is 4.68. The van der Waals surface area contributed by atoms with Crippen molar-refractivity contribution in [2.75, 3.05) is 39.0 Å². The first kappa shape index (κ1) is 18.4. The number of carboxylic acids is 1. The van der Waals surface area contributed by atoms with E-state index in [1.807, 2.05) is 0 Å². The van der Waals surface area contributed by atoms with Gasteiger partial charge in [0.05, 0.1) is 19.0 Å². The summed E-state index contributed by atoms with van der Waals surface area (Å²) in [5.41, 5.74) is 0.165. The number of sulfonamides is 1. The zero-order valence-electron chi connectivity index (χ0n) is 13.3. The number of aliphatic carboxylic acids is 1. The molecule has 10 nitrogen and oxygen atoms in total. The topological polar surface area (TPSA) is 130 Å². The number of carbonyl (C=O) groups is 2. The molecule has 1 atom stereocenters. The first-order valence-electron chi connectivity index (χ1n) is 7.18. The molecule has 0 spiro atoms. The van der Waals surface area contributed by atoms with Crippen LogP contribution in [0.3, 0.4) is 0 Å². The molecule has 0 unspecified atom stereocenters.